The van der Waals surface area contributed by atoms with Gasteiger partial charge in [0, 0.05) is 38.0 Å². The van der Waals surface area contributed by atoms with Crippen LogP contribution in [0.3, 0.4) is 0 Å². The van der Waals surface area contributed by atoms with Crippen LogP contribution in [0.15, 0.2) is 47.2 Å². The minimum Gasteiger partial charge on any atom is -0.354 e. The third-order valence-electron chi connectivity index (χ3n) is 4.90. The molecule has 7 nitrogen and oxygen atoms in total. The van der Waals surface area contributed by atoms with Crippen molar-refractivity contribution in [3.05, 3.63) is 58.3 Å². The summed E-state index contributed by atoms with van der Waals surface area (Å²) in [5, 5.41) is 6.47. The first-order valence-electron chi connectivity index (χ1n) is 9.46. The largest absolute Gasteiger partial charge is 0.354 e. The molecule has 0 radical (unpaired) electrons. The molecule has 1 aromatic carbocycles. The molecule has 2 amide bonds. The zero-order valence-corrected chi connectivity index (χ0v) is 17.9. The van der Waals surface area contributed by atoms with Gasteiger partial charge in [-0.3, -0.25) is 9.59 Å². The van der Waals surface area contributed by atoms with Crippen LogP contribution >= 0.6 is 11.3 Å². The third-order valence-corrected chi connectivity index (χ3v) is 6.87. The van der Waals surface area contributed by atoms with E-state index in [-0.39, 0.29) is 24.8 Å². The molecule has 0 spiro atoms. The van der Waals surface area contributed by atoms with E-state index < -0.39 is 16.1 Å². The quantitative estimate of drug-likeness (QED) is 0.800. The molecule has 2 aromatic rings. The number of nitrogens with one attached hydrogen (secondary N) is 1. The molecule has 9 heteroatoms. The lowest BCUT2D eigenvalue weighted by molar-refractivity contribution is -0.122. The van der Waals surface area contributed by atoms with Crippen LogP contribution in [-0.2, 0) is 14.8 Å². The van der Waals surface area contributed by atoms with Gasteiger partial charge in [0.05, 0.1) is 17.9 Å². The molecule has 1 aromatic heterocycles. The summed E-state index contributed by atoms with van der Waals surface area (Å²) in [6.45, 7) is 1.36. The Morgan fingerprint density at radius 2 is 1.90 bits per heavy atom. The maximum absolute atomic E-state index is 12.7. The van der Waals surface area contributed by atoms with E-state index in [0.717, 1.165) is 11.8 Å². The molecule has 1 aliphatic rings. The highest BCUT2D eigenvalue weighted by Crippen LogP contribution is 2.27. The van der Waals surface area contributed by atoms with Crippen molar-refractivity contribution in [2.24, 2.45) is 0 Å². The van der Waals surface area contributed by atoms with Crippen LogP contribution in [0.1, 0.15) is 34.8 Å². The number of amides is 2. The Hall–Kier alpha value is -2.23. The fourth-order valence-electron chi connectivity index (χ4n) is 3.49. The number of nitrogens with zero attached hydrogens (tertiary/aromatic N) is 2. The average Bonchev–Trinajstić information content (AvgIpc) is 3.21. The summed E-state index contributed by atoms with van der Waals surface area (Å²) in [5.41, 5.74) is 1.39. The maximum Gasteiger partial charge on any atom is 0.254 e. The third kappa shape index (κ3) is 5.65. The topological polar surface area (TPSA) is 86.8 Å². The summed E-state index contributed by atoms with van der Waals surface area (Å²) in [6.07, 6.45) is 1.69. The molecule has 29 heavy (non-hydrogen) atoms. The van der Waals surface area contributed by atoms with Crippen LogP contribution in [-0.4, -0.2) is 61.9 Å². The second-order valence-corrected chi connectivity index (χ2v) is 9.73. The molecule has 1 fully saturated rings. The van der Waals surface area contributed by atoms with E-state index in [1.54, 1.807) is 16.3 Å². The zero-order valence-electron chi connectivity index (χ0n) is 16.3. The number of carbonyl (C=O) groups is 2. The highest BCUT2D eigenvalue weighted by molar-refractivity contribution is 7.88. The van der Waals surface area contributed by atoms with Crippen molar-refractivity contribution in [2.75, 3.05) is 32.4 Å². The summed E-state index contributed by atoms with van der Waals surface area (Å²) >= 11 is 1.45. The Labute approximate surface area is 175 Å². The fourth-order valence-corrected chi connectivity index (χ4v) is 5.24. The first-order valence-corrected chi connectivity index (χ1v) is 12.3. The maximum atomic E-state index is 12.7. The van der Waals surface area contributed by atoms with E-state index in [1.807, 2.05) is 35.7 Å². The second-order valence-electron chi connectivity index (χ2n) is 7.01. The van der Waals surface area contributed by atoms with Crippen molar-refractivity contribution in [1.82, 2.24) is 14.5 Å². The molecule has 1 N–H and O–H groups in total. The Balaban J connectivity index is 1.86. The van der Waals surface area contributed by atoms with Gasteiger partial charge in [-0.25, -0.2) is 8.42 Å². The first kappa shape index (κ1) is 21.5. The lowest BCUT2D eigenvalue weighted by Gasteiger charge is -2.30. The van der Waals surface area contributed by atoms with E-state index in [0.29, 0.717) is 31.6 Å². The van der Waals surface area contributed by atoms with Gasteiger partial charge < -0.3 is 10.2 Å². The molecule has 1 aliphatic heterocycles. The monoisotopic (exact) mass is 435 g/mol. The van der Waals surface area contributed by atoms with E-state index >= 15 is 0 Å². The minimum atomic E-state index is -3.56. The Kier molecular flexibility index (Phi) is 7.05. The van der Waals surface area contributed by atoms with Gasteiger partial charge in [-0.1, -0.05) is 30.3 Å². The van der Waals surface area contributed by atoms with Crippen molar-refractivity contribution in [2.45, 2.75) is 18.9 Å². The Bertz CT molecular complexity index is 930. The van der Waals surface area contributed by atoms with Crippen LogP contribution in [0.5, 0.6) is 0 Å². The normalized spacial score (nSPS) is 20.0. The lowest BCUT2D eigenvalue weighted by Crippen LogP contribution is -2.39. The van der Waals surface area contributed by atoms with E-state index in [4.69, 9.17) is 0 Å². The summed E-state index contributed by atoms with van der Waals surface area (Å²) in [4.78, 5) is 27.0. The molecule has 3 rings (SSSR count). The number of hydrogen-bond acceptors (Lipinski definition) is 5. The second kappa shape index (κ2) is 9.51. The number of carbonyl (C=O) groups excluding carboxylic acids is 2. The number of hydrogen-bond donors (Lipinski definition) is 1. The van der Waals surface area contributed by atoms with Crippen LogP contribution in [0.4, 0.5) is 0 Å². The average molecular weight is 436 g/mol. The van der Waals surface area contributed by atoms with Gasteiger partial charge in [-0.05, 0) is 23.4 Å². The van der Waals surface area contributed by atoms with Crippen molar-refractivity contribution in [3.8, 4) is 0 Å². The molecule has 2 heterocycles. The van der Waals surface area contributed by atoms with Crippen LogP contribution in [0, 0.1) is 0 Å². The van der Waals surface area contributed by atoms with Crippen molar-refractivity contribution < 1.29 is 18.0 Å². The summed E-state index contributed by atoms with van der Waals surface area (Å²) in [7, 11) is -3.56. The minimum absolute atomic E-state index is 0.0373. The number of benzene rings is 1. The van der Waals surface area contributed by atoms with Gasteiger partial charge in [0.25, 0.3) is 5.91 Å². The number of rotatable bonds is 3. The highest BCUT2D eigenvalue weighted by atomic mass is 32.2. The van der Waals surface area contributed by atoms with E-state index in [9.17, 15) is 18.0 Å². The van der Waals surface area contributed by atoms with Gasteiger partial charge in [0.2, 0.25) is 15.9 Å². The molecular formula is C20H25N3O4S2. The fraction of sp³-hybridized carbons (Fsp3) is 0.400. The number of sulfonamides is 1. The lowest BCUT2D eigenvalue weighted by atomic mass is 10.0. The van der Waals surface area contributed by atoms with Crippen LogP contribution < -0.4 is 5.32 Å². The Morgan fingerprint density at radius 1 is 1.14 bits per heavy atom. The van der Waals surface area contributed by atoms with E-state index in [2.05, 4.69) is 5.32 Å². The standard InChI is InChI=1S/C20H25N3O4S2/c1-29(26,27)23-11-5-10-22(20(25)17-8-13-28-15-17)12-9-21-19(24)14-18(23)16-6-3-2-4-7-16/h2-4,6-8,13,15,18H,5,9-12,14H2,1H3,(H,21,24). The molecule has 1 atom stereocenters. The molecule has 0 aliphatic carbocycles. The summed E-state index contributed by atoms with van der Waals surface area (Å²) in [5.74, 6) is -0.345. The van der Waals surface area contributed by atoms with Gasteiger partial charge in [-0.2, -0.15) is 15.6 Å². The van der Waals surface area contributed by atoms with Gasteiger partial charge in [0.15, 0.2) is 0 Å². The highest BCUT2D eigenvalue weighted by Gasteiger charge is 2.30. The predicted molar refractivity (Wildman–Crippen MR) is 113 cm³/mol. The molecule has 1 unspecified atom stereocenters. The molecular weight excluding hydrogens is 410 g/mol. The molecule has 0 bridgehead atoms. The van der Waals surface area contributed by atoms with Gasteiger partial charge >= 0.3 is 0 Å². The Morgan fingerprint density at radius 3 is 2.55 bits per heavy atom. The predicted octanol–water partition coefficient (Wildman–Crippen LogP) is 2.10. The molecule has 156 valence electrons. The zero-order chi connectivity index (χ0) is 20.9. The smallest absolute Gasteiger partial charge is 0.254 e. The van der Waals surface area contributed by atoms with Crippen molar-refractivity contribution in [3.63, 3.8) is 0 Å². The summed E-state index contributed by atoms with van der Waals surface area (Å²) < 4.78 is 26.5. The van der Waals surface area contributed by atoms with Gasteiger partial charge in [-0.15, -0.1) is 0 Å². The number of thiophene rings is 1. The van der Waals surface area contributed by atoms with Crippen molar-refractivity contribution >= 4 is 33.2 Å². The first-order chi connectivity index (χ1) is 13.9. The molecule has 1 saturated heterocycles. The van der Waals surface area contributed by atoms with Crippen molar-refractivity contribution in [1.29, 1.82) is 0 Å². The van der Waals surface area contributed by atoms with E-state index in [1.165, 1.54) is 15.6 Å². The van der Waals surface area contributed by atoms with Crippen LogP contribution in [0.2, 0.25) is 0 Å². The van der Waals surface area contributed by atoms with Crippen LogP contribution in [0.25, 0.3) is 0 Å². The van der Waals surface area contributed by atoms with Gasteiger partial charge in [0.1, 0.15) is 0 Å². The SMILES string of the molecule is CS(=O)(=O)N1CCCN(C(=O)c2ccsc2)CCNC(=O)CC1c1ccccc1. The summed E-state index contributed by atoms with van der Waals surface area (Å²) in [6, 6.07) is 10.4. The molecule has 0 saturated carbocycles.